The number of aliphatic hydroxyl groups excluding tert-OH is 1. The lowest BCUT2D eigenvalue weighted by Gasteiger charge is -2.21. The lowest BCUT2D eigenvalue weighted by Crippen LogP contribution is -2.52. The SMILES string of the molecule is O=C(NNC1CC1)[C@]1(C/C=C/c2ccccc2)COC(c2ccc(OCCCO)cc2)=N1. The van der Waals surface area contributed by atoms with Crippen molar-refractivity contribution in [2.45, 2.75) is 37.3 Å². The Hall–Kier alpha value is -3.16. The molecule has 1 aliphatic heterocycles. The summed E-state index contributed by atoms with van der Waals surface area (Å²) < 4.78 is 11.5. The maximum absolute atomic E-state index is 13.1. The number of hydrazine groups is 1. The number of ether oxygens (including phenoxy) is 2. The minimum Gasteiger partial charge on any atom is -0.494 e. The van der Waals surface area contributed by atoms with E-state index in [2.05, 4.69) is 10.9 Å². The predicted octanol–water partition coefficient (Wildman–Crippen LogP) is 2.85. The largest absolute Gasteiger partial charge is 0.494 e. The number of hydrogen-bond acceptors (Lipinski definition) is 6. The molecule has 0 aromatic heterocycles. The Balaban J connectivity index is 1.49. The summed E-state index contributed by atoms with van der Waals surface area (Å²) in [6, 6.07) is 17.7. The Kier molecular flexibility index (Phi) is 7.19. The number of hydrogen-bond donors (Lipinski definition) is 3. The molecule has 1 saturated carbocycles. The molecule has 1 aliphatic carbocycles. The molecule has 0 unspecified atom stereocenters. The molecule has 0 radical (unpaired) electrons. The number of carbonyl (C=O) groups is 1. The number of benzene rings is 2. The van der Waals surface area contributed by atoms with Crippen LogP contribution in [0.15, 0.2) is 65.7 Å². The third-order valence-electron chi connectivity index (χ3n) is 5.39. The van der Waals surface area contributed by atoms with Gasteiger partial charge in [0.05, 0.1) is 6.61 Å². The van der Waals surface area contributed by atoms with E-state index in [-0.39, 0.29) is 19.1 Å². The lowest BCUT2D eigenvalue weighted by atomic mass is 9.95. The summed E-state index contributed by atoms with van der Waals surface area (Å²) in [6.45, 7) is 0.730. The van der Waals surface area contributed by atoms with Crippen LogP contribution in [0.5, 0.6) is 5.75 Å². The van der Waals surface area contributed by atoms with Gasteiger partial charge in [0, 0.05) is 31.1 Å². The molecule has 3 N–H and O–H groups in total. The summed E-state index contributed by atoms with van der Waals surface area (Å²) in [6.07, 6.45) is 7.11. The molecule has 168 valence electrons. The van der Waals surface area contributed by atoms with Crippen molar-refractivity contribution in [1.29, 1.82) is 0 Å². The fourth-order valence-electron chi connectivity index (χ4n) is 3.32. The molecular weight excluding hydrogens is 406 g/mol. The van der Waals surface area contributed by atoms with Gasteiger partial charge in [-0.25, -0.2) is 10.4 Å². The van der Waals surface area contributed by atoms with E-state index in [0.29, 0.717) is 37.1 Å². The molecule has 2 aliphatic rings. The predicted molar refractivity (Wildman–Crippen MR) is 123 cm³/mol. The second-order valence-electron chi connectivity index (χ2n) is 8.08. The summed E-state index contributed by atoms with van der Waals surface area (Å²) in [5.74, 6) is 0.965. The molecule has 2 aromatic rings. The normalized spacial score (nSPS) is 20.1. The number of nitrogens with zero attached hydrogens (tertiary/aromatic N) is 1. The van der Waals surface area contributed by atoms with Crippen LogP contribution < -0.4 is 15.6 Å². The van der Waals surface area contributed by atoms with Crippen LogP contribution in [0.1, 0.15) is 36.8 Å². The highest BCUT2D eigenvalue weighted by Crippen LogP contribution is 2.28. The number of nitrogens with one attached hydrogen (secondary N) is 2. The van der Waals surface area contributed by atoms with E-state index in [0.717, 1.165) is 24.0 Å². The van der Waals surface area contributed by atoms with Crippen LogP contribution in [0.25, 0.3) is 6.08 Å². The van der Waals surface area contributed by atoms with Crippen LogP contribution in [0.2, 0.25) is 0 Å². The van der Waals surface area contributed by atoms with Gasteiger partial charge in [0.25, 0.3) is 5.91 Å². The Morgan fingerprint density at radius 3 is 2.69 bits per heavy atom. The van der Waals surface area contributed by atoms with Gasteiger partial charge in [0.1, 0.15) is 12.4 Å². The Morgan fingerprint density at radius 2 is 1.97 bits per heavy atom. The van der Waals surface area contributed by atoms with Gasteiger partial charge in [-0.2, -0.15) is 0 Å². The zero-order valence-corrected chi connectivity index (χ0v) is 18.0. The van der Waals surface area contributed by atoms with Crippen LogP contribution in [0, 0.1) is 0 Å². The van der Waals surface area contributed by atoms with Gasteiger partial charge in [0.15, 0.2) is 5.54 Å². The molecule has 1 heterocycles. The highest BCUT2D eigenvalue weighted by Gasteiger charge is 2.44. The first-order valence-corrected chi connectivity index (χ1v) is 11.0. The molecular formula is C25H29N3O4. The van der Waals surface area contributed by atoms with E-state index in [4.69, 9.17) is 19.6 Å². The van der Waals surface area contributed by atoms with Crippen molar-refractivity contribution in [3.8, 4) is 5.75 Å². The number of aliphatic hydroxyl groups is 1. The minimum atomic E-state index is -1.03. The third kappa shape index (κ3) is 5.75. The monoisotopic (exact) mass is 435 g/mol. The van der Waals surface area contributed by atoms with Gasteiger partial charge in [-0.05, 0) is 42.7 Å². The van der Waals surface area contributed by atoms with Crippen molar-refractivity contribution < 1.29 is 19.4 Å². The van der Waals surface area contributed by atoms with E-state index >= 15 is 0 Å². The Labute approximate surface area is 188 Å². The fraction of sp³-hybridized carbons (Fsp3) is 0.360. The van der Waals surface area contributed by atoms with Crippen LogP contribution in [0.3, 0.4) is 0 Å². The van der Waals surface area contributed by atoms with Crippen LogP contribution in [0.4, 0.5) is 0 Å². The van der Waals surface area contributed by atoms with Crippen LogP contribution in [-0.4, -0.2) is 48.3 Å². The number of amides is 1. The first kappa shape index (κ1) is 22.0. The number of aliphatic imine (C=N–C) groups is 1. The molecule has 4 rings (SSSR count). The van der Waals surface area contributed by atoms with Gasteiger partial charge < -0.3 is 14.6 Å². The molecule has 0 saturated heterocycles. The van der Waals surface area contributed by atoms with Crippen LogP contribution in [-0.2, 0) is 9.53 Å². The summed E-state index contributed by atoms with van der Waals surface area (Å²) in [4.78, 5) is 17.8. The lowest BCUT2D eigenvalue weighted by molar-refractivity contribution is -0.127. The average molecular weight is 436 g/mol. The molecule has 32 heavy (non-hydrogen) atoms. The standard InChI is InChI=1S/C25H29N3O4/c29-16-5-17-31-22-13-9-20(10-14-22)23-26-25(18-32-23,24(30)28-27-21-11-12-21)15-4-8-19-6-2-1-3-7-19/h1-4,6-10,13-14,21,27,29H,5,11-12,15-18H2,(H,28,30)/b8-4+/t25-/m0/s1. The maximum atomic E-state index is 13.1. The molecule has 0 spiro atoms. The average Bonchev–Trinajstić information content (AvgIpc) is 3.56. The zero-order valence-electron chi connectivity index (χ0n) is 18.0. The van der Waals surface area contributed by atoms with Crippen molar-refractivity contribution in [3.63, 3.8) is 0 Å². The summed E-state index contributed by atoms with van der Waals surface area (Å²) in [5, 5.41) is 8.87. The van der Waals surface area contributed by atoms with Gasteiger partial charge in [-0.1, -0.05) is 42.5 Å². The van der Waals surface area contributed by atoms with Gasteiger partial charge in [-0.3, -0.25) is 10.2 Å². The molecule has 2 aromatic carbocycles. The maximum Gasteiger partial charge on any atom is 0.266 e. The van der Waals surface area contributed by atoms with Gasteiger partial charge >= 0.3 is 0 Å². The van der Waals surface area contributed by atoms with Crippen molar-refractivity contribution in [2.75, 3.05) is 19.8 Å². The minimum absolute atomic E-state index is 0.0984. The van der Waals surface area contributed by atoms with Crippen molar-refractivity contribution >= 4 is 17.9 Å². The molecule has 1 atom stereocenters. The second-order valence-corrected chi connectivity index (χ2v) is 8.08. The quantitative estimate of drug-likeness (QED) is 0.373. The highest BCUT2D eigenvalue weighted by molar-refractivity contribution is 6.00. The van der Waals surface area contributed by atoms with Gasteiger partial charge in [-0.15, -0.1) is 0 Å². The second kappa shape index (κ2) is 10.4. The number of rotatable bonds is 11. The van der Waals surface area contributed by atoms with Crippen molar-refractivity contribution in [1.82, 2.24) is 10.9 Å². The molecule has 0 bridgehead atoms. The van der Waals surface area contributed by atoms with E-state index < -0.39 is 5.54 Å². The first-order chi connectivity index (χ1) is 15.7. The first-order valence-electron chi connectivity index (χ1n) is 11.0. The van der Waals surface area contributed by atoms with E-state index in [1.165, 1.54) is 0 Å². The van der Waals surface area contributed by atoms with Crippen molar-refractivity contribution in [2.24, 2.45) is 4.99 Å². The summed E-state index contributed by atoms with van der Waals surface area (Å²) >= 11 is 0. The Bertz CT molecular complexity index is 955. The van der Waals surface area contributed by atoms with Gasteiger partial charge in [0.2, 0.25) is 5.90 Å². The molecule has 7 heteroatoms. The smallest absolute Gasteiger partial charge is 0.266 e. The summed E-state index contributed by atoms with van der Waals surface area (Å²) in [5.41, 5.74) is 6.73. The summed E-state index contributed by atoms with van der Waals surface area (Å²) in [7, 11) is 0. The molecule has 1 fully saturated rings. The fourth-order valence-corrected chi connectivity index (χ4v) is 3.32. The zero-order chi connectivity index (χ0) is 22.2. The third-order valence-corrected chi connectivity index (χ3v) is 5.39. The molecule has 1 amide bonds. The van der Waals surface area contributed by atoms with E-state index in [1.54, 1.807) is 0 Å². The Morgan fingerprint density at radius 1 is 1.19 bits per heavy atom. The van der Waals surface area contributed by atoms with E-state index in [9.17, 15) is 4.79 Å². The molecule has 7 nitrogen and oxygen atoms in total. The topological polar surface area (TPSA) is 92.2 Å². The number of carbonyl (C=O) groups excluding carboxylic acids is 1. The van der Waals surface area contributed by atoms with E-state index in [1.807, 2.05) is 66.7 Å². The highest BCUT2D eigenvalue weighted by atomic mass is 16.5. The van der Waals surface area contributed by atoms with Crippen molar-refractivity contribution in [3.05, 3.63) is 71.8 Å². The van der Waals surface area contributed by atoms with Crippen LogP contribution >= 0.6 is 0 Å².